The number of Topliss-reactive ketones (excluding diaryl/α,β-unsaturated/α-hetero) is 1. The highest BCUT2D eigenvalue weighted by molar-refractivity contribution is 6.00. The molecule has 0 aliphatic carbocycles. The predicted octanol–water partition coefficient (Wildman–Crippen LogP) is 3.17. The minimum Gasteiger partial charge on any atom is -0.469 e. The summed E-state index contributed by atoms with van der Waals surface area (Å²) in [6.07, 6.45) is 4.61. The van der Waals surface area contributed by atoms with Crippen molar-refractivity contribution in [2.24, 2.45) is 0 Å². The fourth-order valence-electron chi connectivity index (χ4n) is 2.38. The SMILES string of the molecule is CCCCC#CC(=O)[C@H]1OC(=O)O[C@H]1CCCCCCC(=O)OC. The number of hydrogen-bond donors (Lipinski definition) is 0. The normalized spacial score (nSPS) is 19.0. The van der Waals surface area contributed by atoms with E-state index in [0.717, 1.165) is 38.5 Å². The van der Waals surface area contributed by atoms with Crippen LogP contribution in [0, 0.1) is 11.8 Å². The van der Waals surface area contributed by atoms with Crippen LogP contribution < -0.4 is 0 Å². The lowest BCUT2D eigenvalue weighted by Crippen LogP contribution is -2.30. The molecule has 1 heterocycles. The van der Waals surface area contributed by atoms with Crippen molar-refractivity contribution in [1.82, 2.24) is 0 Å². The molecule has 0 saturated carbocycles. The summed E-state index contributed by atoms with van der Waals surface area (Å²) in [5.41, 5.74) is 0. The summed E-state index contributed by atoms with van der Waals surface area (Å²) in [5, 5.41) is 0. The van der Waals surface area contributed by atoms with Gasteiger partial charge in [-0.25, -0.2) is 4.79 Å². The molecule has 1 rings (SSSR count). The van der Waals surface area contributed by atoms with Crippen LogP contribution in [0.25, 0.3) is 0 Å². The zero-order valence-electron chi connectivity index (χ0n) is 14.5. The smallest absolute Gasteiger partial charge is 0.469 e. The summed E-state index contributed by atoms with van der Waals surface area (Å²) in [6.45, 7) is 2.05. The minimum absolute atomic E-state index is 0.208. The molecule has 0 aromatic rings. The van der Waals surface area contributed by atoms with Gasteiger partial charge in [0.05, 0.1) is 7.11 Å². The molecule has 1 aliphatic rings. The van der Waals surface area contributed by atoms with E-state index in [9.17, 15) is 14.4 Å². The molecule has 0 spiro atoms. The largest absolute Gasteiger partial charge is 0.509 e. The molecule has 24 heavy (non-hydrogen) atoms. The maximum absolute atomic E-state index is 12.0. The van der Waals surface area contributed by atoms with E-state index < -0.39 is 24.1 Å². The number of ketones is 1. The average Bonchev–Trinajstić information content (AvgIpc) is 2.95. The first kappa shape index (κ1) is 20.0. The van der Waals surface area contributed by atoms with Gasteiger partial charge >= 0.3 is 12.1 Å². The second-order valence-electron chi connectivity index (χ2n) is 5.74. The number of esters is 1. The van der Waals surface area contributed by atoms with E-state index in [1.165, 1.54) is 7.11 Å². The quantitative estimate of drug-likeness (QED) is 0.263. The molecule has 0 aromatic heterocycles. The number of rotatable bonds is 10. The highest BCUT2D eigenvalue weighted by Gasteiger charge is 2.40. The topological polar surface area (TPSA) is 78.9 Å². The number of unbranched alkanes of at least 4 members (excludes halogenated alkanes) is 5. The third-order valence-electron chi connectivity index (χ3n) is 3.78. The number of carbonyl (C=O) groups is 3. The van der Waals surface area contributed by atoms with E-state index in [0.29, 0.717) is 19.3 Å². The summed E-state index contributed by atoms with van der Waals surface area (Å²) in [4.78, 5) is 34.3. The highest BCUT2D eigenvalue weighted by atomic mass is 16.8. The molecular weight excluding hydrogens is 312 g/mol. The van der Waals surface area contributed by atoms with Crippen LogP contribution in [-0.4, -0.2) is 37.2 Å². The van der Waals surface area contributed by atoms with Gasteiger partial charge in [0.15, 0.2) is 6.10 Å². The second-order valence-corrected chi connectivity index (χ2v) is 5.74. The van der Waals surface area contributed by atoms with Crippen LogP contribution in [-0.2, 0) is 23.8 Å². The Balaban J connectivity index is 2.31. The van der Waals surface area contributed by atoms with Gasteiger partial charge in [-0.15, -0.1) is 0 Å². The summed E-state index contributed by atoms with van der Waals surface area (Å²) in [7, 11) is 1.37. The molecule has 0 amide bonds. The zero-order chi connectivity index (χ0) is 17.8. The van der Waals surface area contributed by atoms with E-state index >= 15 is 0 Å². The Morgan fingerprint density at radius 2 is 1.88 bits per heavy atom. The van der Waals surface area contributed by atoms with Gasteiger partial charge in [-0.3, -0.25) is 9.59 Å². The van der Waals surface area contributed by atoms with Crippen molar-refractivity contribution >= 4 is 17.9 Å². The molecule has 0 aromatic carbocycles. The molecule has 0 radical (unpaired) electrons. The molecule has 0 bridgehead atoms. The molecule has 1 saturated heterocycles. The van der Waals surface area contributed by atoms with E-state index in [2.05, 4.69) is 23.5 Å². The second kappa shape index (κ2) is 11.5. The summed E-state index contributed by atoms with van der Waals surface area (Å²) < 4.78 is 14.6. The maximum atomic E-state index is 12.0. The van der Waals surface area contributed by atoms with Crippen molar-refractivity contribution in [3.63, 3.8) is 0 Å². The summed E-state index contributed by atoms with van der Waals surface area (Å²) in [6, 6.07) is 0. The van der Waals surface area contributed by atoms with Crippen molar-refractivity contribution in [2.45, 2.75) is 76.9 Å². The van der Waals surface area contributed by atoms with Crippen molar-refractivity contribution in [3.05, 3.63) is 0 Å². The number of hydrogen-bond acceptors (Lipinski definition) is 6. The van der Waals surface area contributed by atoms with Crippen LogP contribution in [0.2, 0.25) is 0 Å². The van der Waals surface area contributed by atoms with Crippen LogP contribution >= 0.6 is 0 Å². The average molecular weight is 338 g/mol. The lowest BCUT2D eigenvalue weighted by Gasteiger charge is -2.11. The summed E-state index contributed by atoms with van der Waals surface area (Å²) >= 11 is 0. The van der Waals surface area contributed by atoms with E-state index in [1.54, 1.807) is 0 Å². The lowest BCUT2D eigenvalue weighted by molar-refractivity contribution is -0.140. The third kappa shape index (κ3) is 7.49. The first-order valence-electron chi connectivity index (χ1n) is 8.55. The molecule has 6 heteroatoms. The van der Waals surface area contributed by atoms with Crippen LogP contribution in [0.5, 0.6) is 0 Å². The Bertz CT molecular complexity index is 487. The fraction of sp³-hybridized carbons (Fsp3) is 0.722. The molecule has 0 N–H and O–H groups in total. The van der Waals surface area contributed by atoms with Gasteiger partial charge in [0.1, 0.15) is 0 Å². The predicted molar refractivity (Wildman–Crippen MR) is 87.2 cm³/mol. The van der Waals surface area contributed by atoms with Crippen molar-refractivity contribution < 1.29 is 28.6 Å². The number of methoxy groups -OCH3 is 1. The van der Waals surface area contributed by atoms with Crippen molar-refractivity contribution in [3.8, 4) is 11.8 Å². The Morgan fingerprint density at radius 3 is 2.58 bits per heavy atom. The molecule has 2 atom stereocenters. The van der Waals surface area contributed by atoms with Gasteiger partial charge in [-0.1, -0.05) is 32.1 Å². The molecule has 6 nitrogen and oxygen atoms in total. The number of ether oxygens (including phenoxy) is 3. The van der Waals surface area contributed by atoms with E-state index in [1.807, 2.05) is 0 Å². The first-order valence-corrected chi connectivity index (χ1v) is 8.55. The van der Waals surface area contributed by atoms with Crippen LogP contribution in [0.1, 0.15) is 64.7 Å². The first-order chi connectivity index (χ1) is 11.6. The Labute approximate surface area is 143 Å². The Morgan fingerprint density at radius 1 is 1.12 bits per heavy atom. The van der Waals surface area contributed by atoms with Crippen molar-refractivity contribution in [1.29, 1.82) is 0 Å². The number of cyclic esters (lactones) is 2. The van der Waals surface area contributed by atoms with Gasteiger partial charge < -0.3 is 14.2 Å². The van der Waals surface area contributed by atoms with Gasteiger partial charge in [0, 0.05) is 12.8 Å². The number of carbonyl (C=O) groups excluding carboxylic acids is 3. The fourth-order valence-corrected chi connectivity index (χ4v) is 2.38. The van der Waals surface area contributed by atoms with E-state index in [-0.39, 0.29) is 5.97 Å². The van der Waals surface area contributed by atoms with Crippen LogP contribution in [0.15, 0.2) is 0 Å². The minimum atomic E-state index is -0.915. The van der Waals surface area contributed by atoms with E-state index in [4.69, 9.17) is 9.47 Å². The molecule has 0 unspecified atom stereocenters. The molecule has 134 valence electrons. The zero-order valence-corrected chi connectivity index (χ0v) is 14.5. The highest BCUT2D eigenvalue weighted by Crippen LogP contribution is 2.22. The van der Waals surface area contributed by atoms with Gasteiger partial charge in [-0.2, -0.15) is 0 Å². The van der Waals surface area contributed by atoms with Gasteiger partial charge in [0.2, 0.25) is 11.9 Å². The van der Waals surface area contributed by atoms with Gasteiger partial charge in [-0.05, 0) is 31.6 Å². The third-order valence-corrected chi connectivity index (χ3v) is 3.78. The molecule has 1 fully saturated rings. The van der Waals surface area contributed by atoms with Crippen LogP contribution in [0.3, 0.4) is 0 Å². The van der Waals surface area contributed by atoms with Crippen molar-refractivity contribution in [2.75, 3.05) is 7.11 Å². The Hall–Kier alpha value is -2.03. The standard InChI is InChI=1S/C18H26O6/c1-3-4-5-8-11-14(19)17-15(23-18(21)24-17)12-9-6-7-10-13-16(20)22-2/h15,17H,3-7,9-10,12-13H2,1-2H3/t15-,17+/m0/s1. The van der Waals surface area contributed by atoms with Crippen LogP contribution in [0.4, 0.5) is 4.79 Å². The lowest BCUT2D eigenvalue weighted by atomic mass is 10.0. The summed E-state index contributed by atoms with van der Waals surface area (Å²) in [5.74, 6) is 4.75. The maximum Gasteiger partial charge on any atom is 0.509 e. The monoisotopic (exact) mass is 338 g/mol. The molecule has 1 aliphatic heterocycles. The molecular formula is C18H26O6. The van der Waals surface area contributed by atoms with Gasteiger partial charge in [0.25, 0.3) is 0 Å². The Kier molecular flexibility index (Phi) is 9.59.